The maximum absolute atomic E-state index is 12.0. The lowest BCUT2D eigenvalue weighted by molar-refractivity contribution is -0.118. The molecule has 23 heavy (non-hydrogen) atoms. The fourth-order valence-corrected chi connectivity index (χ4v) is 2.58. The molecule has 1 N–H and O–H groups in total. The van der Waals surface area contributed by atoms with E-state index in [1.165, 1.54) is 12.1 Å². The summed E-state index contributed by atoms with van der Waals surface area (Å²) in [5.74, 6) is -0.205. The van der Waals surface area contributed by atoms with E-state index < -0.39 is 0 Å². The van der Waals surface area contributed by atoms with Gasteiger partial charge in [0, 0.05) is 10.7 Å². The van der Waals surface area contributed by atoms with Crippen molar-refractivity contribution < 1.29 is 14.3 Å². The van der Waals surface area contributed by atoms with E-state index in [-0.39, 0.29) is 28.8 Å². The Balaban J connectivity index is 2.08. The normalized spacial score (nSPS) is 10.3. The van der Waals surface area contributed by atoms with E-state index in [0.717, 1.165) is 16.8 Å². The number of aldehydes is 1. The van der Waals surface area contributed by atoms with Crippen molar-refractivity contribution in [2.24, 2.45) is 0 Å². The van der Waals surface area contributed by atoms with Crippen molar-refractivity contribution in [1.29, 1.82) is 0 Å². The third-order valence-electron chi connectivity index (χ3n) is 3.18. The standard InChI is InChI=1S/C17H15Cl2NO3/c1-10-3-4-11(2)15(5-10)20-16(22)9-23-17-12(8-21)6-13(18)7-14(17)19/h3-8H,9H2,1-2H3,(H,20,22). The van der Waals surface area contributed by atoms with Crippen molar-refractivity contribution in [2.45, 2.75) is 13.8 Å². The second kappa shape index (κ2) is 7.49. The molecule has 0 heterocycles. The molecule has 0 spiro atoms. The molecule has 1 amide bonds. The van der Waals surface area contributed by atoms with Crippen LogP contribution >= 0.6 is 23.2 Å². The highest BCUT2D eigenvalue weighted by atomic mass is 35.5. The summed E-state index contributed by atoms with van der Waals surface area (Å²) in [6.07, 6.45) is 0.579. The Bertz CT molecular complexity index is 760. The van der Waals surface area contributed by atoms with Gasteiger partial charge in [0.15, 0.2) is 12.9 Å². The molecule has 2 aromatic carbocycles. The molecular weight excluding hydrogens is 337 g/mol. The van der Waals surface area contributed by atoms with Gasteiger partial charge in [-0.15, -0.1) is 0 Å². The van der Waals surface area contributed by atoms with Crippen LogP contribution in [-0.4, -0.2) is 18.8 Å². The molecule has 2 rings (SSSR count). The van der Waals surface area contributed by atoms with Crippen molar-refractivity contribution in [3.63, 3.8) is 0 Å². The van der Waals surface area contributed by atoms with Gasteiger partial charge in [-0.2, -0.15) is 0 Å². The highest BCUT2D eigenvalue weighted by molar-refractivity contribution is 6.36. The van der Waals surface area contributed by atoms with Gasteiger partial charge in [0.2, 0.25) is 0 Å². The van der Waals surface area contributed by atoms with Gasteiger partial charge >= 0.3 is 0 Å². The van der Waals surface area contributed by atoms with Crippen molar-refractivity contribution in [1.82, 2.24) is 0 Å². The Morgan fingerprint density at radius 3 is 2.65 bits per heavy atom. The highest BCUT2D eigenvalue weighted by Gasteiger charge is 2.13. The summed E-state index contributed by atoms with van der Waals surface area (Å²) in [4.78, 5) is 23.1. The van der Waals surface area contributed by atoms with Gasteiger partial charge in [0.1, 0.15) is 5.75 Å². The minimum atomic E-state index is -0.346. The number of nitrogens with one attached hydrogen (secondary N) is 1. The summed E-state index contributed by atoms with van der Waals surface area (Å²) >= 11 is 11.8. The summed E-state index contributed by atoms with van der Waals surface area (Å²) in [6.45, 7) is 3.57. The Labute approximate surface area is 144 Å². The van der Waals surface area contributed by atoms with Crippen LogP contribution in [-0.2, 0) is 4.79 Å². The first-order valence-electron chi connectivity index (χ1n) is 6.85. The van der Waals surface area contributed by atoms with Gasteiger partial charge in [-0.25, -0.2) is 0 Å². The number of hydrogen-bond acceptors (Lipinski definition) is 3. The monoisotopic (exact) mass is 351 g/mol. The molecule has 4 nitrogen and oxygen atoms in total. The third-order valence-corrected chi connectivity index (χ3v) is 3.68. The third kappa shape index (κ3) is 4.47. The van der Waals surface area contributed by atoms with Gasteiger partial charge in [0.25, 0.3) is 5.91 Å². The fourth-order valence-electron chi connectivity index (χ4n) is 2.01. The number of hydrogen-bond donors (Lipinski definition) is 1. The van der Waals surface area contributed by atoms with Crippen LogP contribution in [0.15, 0.2) is 30.3 Å². The van der Waals surface area contributed by atoms with Crippen LogP contribution in [0.4, 0.5) is 5.69 Å². The topological polar surface area (TPSA) is 55.4 Å². The summed E-state index contributed by atoms with van der Waals surface area (Å²) < 4.78 is 5.38. The van der Waals surface area contributed by atoms with Crippen molar-refractivity contribution >= 4 is 41.1 Å². The predicted octanol–water partition coefficient (Wildman–Crippen LogP) is 4.44. The van der Waals surface area contributed by atoms with Crippen LogP contribution in [0.2, 0.25) is 10.0 Å². The lowest BCUT2D eigenvalue weighted by atomic mass is 10.1. The molecule has 0 saturated heterocycles. The molecule has 6 heteroatoms. The molecule has 0 fully saturated rings. The lowest BCUT2D eigenvalue weighted by Gasteiger charge is -2.12. The van der Waals surface area contributed by atoms with E-state index >= 15 is 0 Å². The zero-order chi connectivity index (χ0) is 17.0. The highest BCUT2D eigenvalue weighted by Crippen LogP contribution is 2.31. The summed E-state index contributed by atoms with van der Waals surface area (Å²) in [7, 11) is 0. The molecule has 0 aliphatic rings. The maximum Gasteiger partial charge on any atom is 0.262 e. The van der Waals surface area contributed by atoms with Gasteiger partial charge < -0.3 is 10.1 Å². The fraction of sp³-hybridized carbons (Fsp3) is 0.176. The number of benzene rings is 2. The van der Waals surface area contributed by atoms with Crippen LogP contribution in [0.1, 0.15) is 21.5 Å². The average Bonchev–Trinajstić information content (AvgIpc) is 2.49. The number of halogens is 2. The SMILES string of the molecule is Cc1ccc(C)c(NC(=O)COc2c(Cl)cc(Cl)cc2C=O)c1. The zero-order valence-electron chi connectivity index (χ0n) is 12.7. The predicted molar refractivity (Wildman–Crippen MR) is 91.9 cm³/mol. The van der Waals surface area contributed by atoms with Gasteiger partial charge in [0.05, 0.1) is 10.6 Å². The summed E-state index contributed by atoms with van der Waals surface area (Å²) in [5, 5.41) is 3.27. The molecule has 0 radical (unpaired) electrons. The van der Waals surface area contributed by atoms with E-state index in [4.69, 9.17) is 27.9 Å². The van der Waals surface area contributed by atoms with Crippen molar-refractivity contribution in [3.8, 4) is 5.75 Å². The van der Waals surface area contributed by atoms with Crippen LogP contribution in [0, 0.1) is 13.8 Å². The van der Waals surface area contributed by atoms with Crippen LogP contribution < -0.4 is 10.1 Å². The Kier molecular flexibility index (Phi) is 5.64. The average molecular weight is 352 g/mol. The summed E-state index contributed by atoms with van der Waals surface area (Å²) in [6, 6.07) is 8.64. The van der Waals surface area contributed by atoms with Gasteiger partial charge in [-0.1, -0.05) is 35.3 Å². The number of aryl methyl sites for hydroxylation is 2. The minimum absolute atomic E-state index is 0.141. The van der Waals surface area contributed by atoms with E-state index in [1.54, 1.807) is 0 Å². The van der Waals surface area contributed by atoms with Crippen LogP contribution in [0.5, 0.6) is 5.75 Å². The Morgan fingerprint density at radius 1 is 1.22 bits per heavy atom. The van der Waals surface area contributed by atoms with E-state index in [0.29, 0.717) is 11.3 Å². The van der Waals surface area contributed by atoms with Gasteiger partial charge in [-0.3, -0.25) is 9.59 Å². The second-order valence-corrected chi connectivity index (χ2v) is 5.92. The maximum atomic E-state index is 12.0. The molecule has 120 valence electrons. The molecule has 0 aliphatic heterocycles. The molecule has 0 unspecified atom stereocenters. The quantitative estimate of drug-likeness (QED) is 0.810. The molecule has 0 saturated carbocycles. The van der Waals surface area contributed by atoms with Crippen molar-refractivity contribution in [2.75, 3.05) is 11.9 Å². The number of carbonyl (C=O) groups excluding carboxylic acids is 2. The molecule has 0 bridgehead atoms. The summed E-state index contributed by atoms with van der Waals surface area (Å²) in [5.41, 5.74) is 2.90. The first-order chi connectivity index (χ1) is 10.9. The largest absolute Gasteiger partial charge is 0.481 e. The van der Waals surface area contributed by atoms with Gasteiger partial charge in [-0.05, 0) is 43.2 Å². The van der Waals surface area contributed by atoms with Crippen LogP contribution in [0.25, 0.3) is 0 Å². The van der Waals surface area contributed by atoms with E-state index in [1.807, 2.05) is 32.0 Å². The lowest BCUT2D eigenvalue weighted by Crippen LogP contribution is -2.21. The number of ether oxygens (including phenoxy) is 1. The number of amides is 1. The van der Waals surface area contributed by atoms with E-state index in [9.17, 15) is 9.59 Å². The molecule has 0 aliphatic carbocycles. The second-order valence-electron chi connectivity index (χ2n) is 5.08. The molecule has 0 atom stereocenters. The smallest absolute Gasteiger partial charge is 0.262 e. The molecular formula is C17H15Cl2NO3. The first kappa shape index (κ1) is 17.3. The van der Waals surface area contributed by atoms with E-state index in [2.05, 4.69) is 5.32 Å². The molecule has 2 aromatic rings. The number of anilines is 1. The Hall–Kier alpha value is -2.04. The van der Waals surface area contributed by atoms with Crippen molar-refractivity contribution in [3.05, 3.63) is 57.1 Å². The minimum Gasteiger partial charge on any atom is -0.481 e. The first-order valence-corrected chi connectivity index (χ1v) is 7.60. The molecule has 0 aromatic heterocycles. The zero-order valence-corrected chi connectivity index (χ0v) is 14.2. The number of rotatable bonds is 5. The Morgan fingerprint density at radius 2 is 1.96 bits per heavy atom. The van der Waals surface area contributed by atoms with Crippen LogP contribution in [0.3, 0.4) is 0 Å². The number of carbonyl (C=O) groups is 2.